The summed E-state index contributed by atoms with van der Waals surface area (Å²) in [4.78, 5) is 40.4. The molecule has 0 rings (SSSR count). The van der Waals surface area contributed by atoms with E-state index in [2.05, 4.69) is 0 Å². The largest absolute Gasteiger partial charge is 2.00 e. The Balaban J connectivity index is -0.000000256. The summed E-state index contributed by atoms with van der Waals surface area (Å²) in [5.74, 6) is -3.07. The summed E-state index contributed by atoms with van der Waals surface area (Å²) in [6.07, 6.45) is 1.21. The van der Waals surface area contributed by atoms with Crippen molar-refractivity contribution in [2.24, 2.45) is 0 Å². The van der Waals surface area contributed by atoms with Crippen LogP contribution in [0.1, 0.15) is 52.4 Å². The quantitative estimate of drug-likeness (QED) is 0.445. The summed E-state index contributed by atoms with van der Waals surface area (Å²) in [5.41, 5.74) is 0. The molecule has 0 aromatic rings. The van der Waals surface area contributed by atoms with Crippen LogP contribution in [0.15, 0.2) is 0 Å². The molecule has 0 atom stereocenters. The van der Waals surface area contributed by atoms with Crippen molar-refractivity contribution in [3.63, 3.8) is 0 Å². The van der Waals surface area contributed by atoms with E-state index in [0.717, 1.165) is 0 Å². The van der Waals surface area contributed by atoms with Crippen molar-refractivity contribution in [2.75, 3.05) is 0 Å². The van der Waals surface area contributed by atoms with Crippen LogP contribution in [0.4, 0.5) is 0 Å². The molecule has 0 amide bonds. The first-order valence-corrected chi connectivity index (χ1v) is 5.76. The summed E-state index contributed by atoms with van der Waals surface area (Å²) < 4.78 is 0. The number of carboxylic acids is 2. The average molecular weight is 442 g/mol. The molecule has 0 aliphatic rings. The van der Waals surface area contributed by atoms with E-state index in [1.807, 2.05) is 13.8 Å². The van der Waals surface area contributed by atoms with Crippen LogP contribution in [0.2, 0.25) is 0 Å². The Kier molecular flexibility index (Phi) is 18.3. The minimum Gasteiger partial charge on any atom is -0.550 e. The fourth-order valence-electron chi connectivity index (χ4n) is 1.06. The van der Waals surface area contributed by atoms with Gasteiger partial charge in [-0.05, 0) is 12.8 Å². The fourth-order valence-corrected chi connectivity index (χ4v) is 1.06. The van der Waals surface area contributed by atoms with E-state index >= 15 is 0 Å². The molecule has 0 aliphatic carbocycles. The van der Waals surface area contributed by atoms with E-state index in [0.29, 0.717) is 25.7 Å². The maximum Gasteiger partial charge on any atom is 2.00 e. The molecule has 0 aromatic heterocycles. The van der Waals surface area contributed by atoms with Crippen LogP contribution in [0.3, 0.4) is 0 Å². The van der Waals surface area contributed by atoms with Crippen molar-refractivity contribution in [3.05, 3.63) is 0 Å². The number of rotatable bonds is 8. The smallest absolute Gasteiger partial charge is 0.550 e. The second-order valence-corrected chi connectivity index (χ2v) is 3.67. The standard InChI is InChI=1S/2C6H10O3.W/c2*1-2-3-5(7)4-6(8)9;/h2*2-4H2,1H3,(H,8,9);/q;;+2/p-2. The van der Waals surface area contributed by atoms with Gasteiger partial charge in [0.15, 0.2) is 0 Å². The Labute approximate surface area is 126 Å². The molecule has 0 saturated heterocycles. The second kappa shape index (κ2) is 15.0. The van der Waals surface area contributed by atoms with Gasteiger partial charge < -0.3 is 19.8 Å². The molecular formula is C12H18O6W. The van der Waals surface area contributed by atoms with Gasteiger partial charge in [0.2, 0.25) is 0 Å². The summed E-state index contributed by atoms with van der Waals surface area (Å²) >= 11 is 0. The zero-order valence-corrected chi connectivity index (χ0v) is 14.0. The van der Waals surface area contributed by atoms with Crippen LogP contribution >= 0.6 is 0 Å². The van der Waals surface area contributed by atoms with Crippen molar-refractivity contribution in [1.29, 1.82) is 0 Å². The normalized spacial score (nSPS) is 8.53. The molecule has 0 saturated carbocycles. The van der Waals surface area contributed by atoms with Crippen LogP contribution in [-0.2, 0) is 40.2 Å². The van der Waals surface area contributed by atoms with Crippen LogP contribution in [0, 0.1) is 0 Å². The topological polar surface area (TPSA) is 114 Å². The maximum atomic E-state index is 10.4. The molecule has 6 nitrogen and oxygen atoms in total. The van der Waals surface area contributed by atoms with Crippen LogP contribution in [0.25, 0.3) is 0 Å². The summed E-state index contributed by atoms with van der Waals surface area (Å²) in [6, 6.07) is 0. The molecule has 0 radical (unpaired) electrons. The first-order valence-electron chi connectivity index (χ1n) is 5.76. The number of carboxylic acid groups (broad SMARTS) is 2. The Morgan fingerprint density at radius 2 is 1.00 bits per heavy atom. The molecule has 0 unspecified atom stereocenters. The van der Waals surface area contributed by atoms with E-state index in [1.165, 1.54) is 0 Å². The Morgan fingerprint density at radius 1 is 0.737 bits per heavy atom. The summed E-state index contributed by atoms with van der Waals surface area (Å²) in [6.45, 7) is 3.65. The van der Waals surface area contributed by atoms with Crippen molar-refractivity contribution < 1.29 is 50.5 Å². The molecule has 0 heterocycles. The van der Waals surface area contributed by atoms with Crippen molar-refractivity contribution >= 4 is 23.5 Å². The fraction of sp³-hybridized carbons (Fsp3) is 0.667. The van der Waals surface area contributed by atoms with Gasteiger partial charge in [-0.15, -0.1) is 0 Å². The third-order valence-electron chi connectivity index (χ3n) is 1.74. The zero-order chi connectivity index (χ0) is 14.6. The van der Waals surface area contributed by atoms with E-state index < -0.39 is 24.8 Å². The van der Waals surface area contributed by atoms with Gasteiger partial charge in [0.05, 0.1) is 0 Å². The molecule has 108 valence electrons. The molecule has 0 bridgehead atoms. The van der Waals surface area contributed by atoms with Crippen LogP contribution < -0.4 is 10.2 Å². The minimum atomic E-state index is -1.28. The first kappa shape index (κ1) is 23.1. The van der Waals surface area contributed by atoms with Gasteiger partial charge in [-0.2, -0.15) is 0 Å². The zero-order valence-electron chi connectivity index (χ0n) is 11.1. The van der Waals surface area contributed by atoms with E-state index in [4.69, 9.17) is 0 Å². The molecule has 0 fully saturated rings. The van der Waals surface area contributed by atoms with Crippen molar-refractivity contribution in [2.45, 2.75) is 52.4 Å². The van der Waals surface area contributed by atoms with Gasteiger partial charge in [0, 0.05) is 37.6 Å². The molecular weight excluding hydrogens is 424 g/mol. The summed E-state index contributed by atoms with van der Waals surface area (Å²) in [7, 11) is 0. The number of hydrogen-bond donors (Lipinski definition) is 0. The molecule has 19 heavy (non-hydrogen) atoms. The van der Waals surface area contributed by atoms with Crippen LogP contribution in [0.5, 0.6) is 0 Å². The minimum absolute atomic E-state index is 0. The third-order valence-corrected chi connectivity index (χ3v) is 1.74. The van der Waals surface area contributed by atoms with E-state index in [9.17, 15) is 29.4 Å². The number of aliphatic carboxylic acids is 2. The Morgan fingerprint density at radius 3 is 1.16 bits per heavy atom. The Bertz CT molecular complexity index is 271. The van der Waals surface area contributed by atoms with Crippen molar-refractivity contribution in [1.82, 2.24) is 0 Å². The van der Waals surface area contributed by atoms with Gasteiger partial charge in [0.25, 0.3) is 0 Å². The van der Waals surface area contributed by atoms with Gasteiger partial charge in [-0.3, -0.25) is 9.59 Å². The summed E-state index contributed by atoms with van der Waals surface area (Å²) in [5, 5.41) is 19.5. The number of carbonyl (C=O) groups excluding carboxylic acids is 4. The predicted molar refractivity (Wildman–Crippen MR) is 59.1 cm³/mol. The average Bonchev–Trinajstić information content (AvgIpc) is 2.16. The van der Waals surface area contributed by atoms with Gasteiger partial charge >= 0.3 is 21.1 Å². The monoisotopic (exact) mass is 442 g/mol. The number of hydrogen-bond acceptors (Lipinski definition) is 6. The third kappa shape index (κ3) is 22.6. The van der Waals surface area contributed by atoms with Gasteiger partial charge in [-0.1, -0.05) is 13.8 Å². The predicted octanol–water partition coefficient (Wildman–Crippen LogP) is -1.01. The Hall–Kier alpha value is -1.03. The number of ketones is 2. The van der Waals surface area contributed by atoms with E-state index in [-0.39, 0.29) is 32.6 Å². The first-order chi connectivity index (χ1) is 8.33. The molecule has 0 N–H and O–H groups in total. The number of Topliss-reactive ketones (excluding diaryl/α,β-unsaturated/α-hetero) is 2. The second-order valence-electron chi connectivity index (χ2n) is 3.67. The van der Waals surface area contributed by atoms with Crippen LogP contribution in [-0.4, -0.2) is 23.5 Å². The number of carbonyl (C=O) groups is 4. The maximum absolute atomic E-state index is 10.4. The molecule has 0 aliphatic heterocycles. The molecule has 0 spiro atoms. The van der Waals surface area contributed by atoms with E-state index in [1.54, 1.807) is 0 Å². The molecule has 7 heteroatoms. The van der Waals surface area contributed by atoms with Crippen molar-refractivity contribution in [3.8, 4) is 0 Å². The van der Waals surface area contributed by atoms with Gasteiger partial charge in [0.1, 0.15) is 11.6 Å². The SMILES string of the molecule is CCCC(=O)CC(=O)[O-].CCCC(=O)CC(=O)[O-].[W+2]. The molecule has 0 aromatic carbocycles. The van der Waals surface area contributed by atoms with Gasteiger partial charge in [-0.25, -0.2) is 0 Å².